The summed E-state index contributed by atoms with van der Waals surface area (Å²) < 4.78 is 27.6. The molecule has 0 spiro atoms. The zero-order valence-corrected chi connectivity index (χ0v) is 13.7. The van der Waals surface area contributed by atoms with E-state index in [2.05, 4.69) is 23.9 Å². The van der Waals surface area contributed by atoms with Crippen LogP contribution in [0.1, 0.15) is 39.0 Å². The SMILES string of the molecule is CCNCc1ccc(S(=O)(=O)NC(C)C(C)CC)s1. The van der Waals surface area contributed by atoms with Gasteiger partial charge in [0.25, 0.3) is 0 Å². The normalized spacial score (nSPS) is 15.4. The van der Waals surface area contributed by atoms with Crippen molar-refractivity contribution in [2.75, 3.05) is 6.54 Å². The molecule has 0 bridgehead atoms. The molecule has 19 heavy (non-hydrogen) atoms. The highest BCUT2D eigenvalue weighted by atomic mass is 32.2. The Morgan fingerprint density at radius 1 is 1.26 bits per heavy atom. The number of thiophene rings is 1. The van der Waals surface area contributed by atoms with E-state index in [4.69, 9.17) is 0 Å². The van der Waals surface area contributed by atoms with Gasteiger partial charge in [0.05, 0.1) is 0 Å². The molecule has 0 aliphatic heterocycles. The number of rotatable bonds is 8. The monoisotopic (exact) mass is 304 g/mol. The summed E-state index contributed by atoms with van der Waals surface area (Å²) in [7, 11) is -3.38. The second kappa shape index (κ2) is 7.38. The van der Waals surface area contributed by atoms with E-state index < -0.39 is 10.0 Å². The second-order valence-electron chi connectivity index (χ2n) is 4.80. The average Bonchev–Trinajstić information content (AvgIpc) is 2.84. The zero-order chi connectivity index (χ0) is 14.5. The molecule has 2 unspecified atom stereocenters. The van der Waals surface area contributed by atoms with Gasteiger partial charge in [-0.1, -0.05) is 27.2 Å². The van der Waals surface area contributed by atoms with Gasteiger partial charge in [0.2, 0.25) is 10.0 Å². The molecule has 1 aromatic heterocycles. The smallest absolute Gasteiger partial charge is 0.250 e. The van der Waals surface area contributed by atoms with Crippen LogP contribution in [-0.2, 0) is 16.6 Å². The lowest BCUT2D eigenvalue weighted by Gasteiger charge is -2.19. The van der Waals surface area contributed by atoms with Gasteiger partial charge in [0, 0.05) is 17.5 Å². The van der Waals surface area contributed by atoms with Crippen LogP contribution in [0.2, 0.25) is 0 Å². The number of hydrogen-bond acceptors (Lipinski definition) is 4. The van der Waals surface area contributed by atoms with Crippen LogP contribution in [0.15, 0.2) is 16.3 Å². The summed E-state index contributed by atoms with van der Waals surface area (Å²) in [4.78, 5) is 1.04. The third-order valence-electron chi connectivity index (χ3n) is 3.29. The van der Waals surface area contributed by atoms with Crippen molar-refractivity contribution < 1.29 is 8.42 Å². The minimum absolute atomic E-state index is 0.0469. The summed E-state index contributed by atoms with van der Waals surface area (Å²) in [5, 5.41) is 3.19. The van der Waals surface area contributed by atoms with Gasteiger partial charge in [-0.15, -0.1) is 11.3 Å². The van der Waals surface area contributed by atoms with Crippen molar-refractivity contribution in [2.45, 2.75) is 50.9 Å². The Labute approximate surface area is 120 Å². The molecule has 110 valence electrons. The molecule has 2 atom stereocenters. The Bertz CT molecular complexity index is 483. The predicted molar refractivity (Wildman–Crippen MR) is 80.9 cm³/mol. The summed E-state index contributed by atoms with van der Waals surface area (Å²) >= 11 is 1.33. The van der Waals surface area contributed by atoms with Crippen LogP contribution in [0.4, 0.5) is 0 Å². The maximum atomic E-state index is 12.2. The second-order valence-corrected chi connectivity index (χ2v) is 7.91. The molecule has 0 aliphatic rings. The number of sulfonamides is 1. The minimum Gasteiger partial charge on any atom is -0.312 e. The van der Waals surface area contributed by atoms with Crippen LogP contribution >= 0.6 is 11.3 Å². The van der Waals surface area contributed by atoms with Gasteiger partial charge >= 0.3 is 0 Å². The summed E-state index contributed by atoms with van der Waals surface area (Å²) in [5.41, 5.74) is 0. The fourth-order valence-corrected chi connectivity index (χ4v) is 4.31. The molecule has 4 nitrogen and oxygen atoms in total. The highest BCUT2D eigenvalue weighted by Crippen LogP contribution is 2.22. The van der Waals surface area contributed by atoms with E-state index in [1.54, 1.807) is 6.07 Å². The molecule has 2 N–H and O–H groups in total. The molecule has 0 aromatic carbocycles. The van der Waals surface area contributed by atoms with Gasteiger partial charge in [0.15, 0.2) is 0 Å². The Balaban J connectivity index is 2.74. The summed E-state index contributed by atoms with van der Waals surface area (Å²) in [5.74, 6) is 0.330. The molecule has 0 aliphatic carbocycles. The molecule has 0 radical (unpaired) electrons. The molecule has 1 heterocycles. The first-order valence-electron chi connectivity index (χ1n) is 6.72. The largest absolute Gasteiger partial charge is 0.312 e. The summed E-state index contributed by atoms with van der Waals surface area (Å²) in [6.45, 7) is 9.66. The van der Waals surface area contributed by atoms with Gasteiger partial charge in [-0.3, -0.25) is 0 Å². The van der Waals surface area contributed by atoms with Gasteiger partial charge < -0.3 is 5.32 Å². The van der Waals surface area contributed by atoms with E-state index in [1.807, 2.05) is 19.9 Å². The van der Waals surface area contributed by atoms with Crippen LogP contribution in [-0.4, -0.2) is 21.0 Å². The van der Waals surface area contributed by atoms with Crippen molar-refractivity contribution in [3.05, 3.63) is 17.0 Å². The van der Waals surface area contributed by atoms with Crippen molar-refractivity contribution in [3.8, 4) is 0 Å². The van der Waals surface area contributed by atoms with Crippen molar-refractivity contribution in [1.82, 2.24) is 10.0 Å². The van der Waals surface area contributed by atoms with Crippen molar-refractivity contribution in [1.29, 1.82) is 0 Å². The first kappa shape index (κ1) is 16.6. The molecule has 0 saturated heterocycles. The lowest BCUT2D eigenvalue weighted by atomic mass is 10.0. The van der Waals surface area contributed by atoms with Crippen LogP contribution in [0, 0.1) is 5.92 Å². The van der Waals surface area contributed by atoms with Crippen LogP contribution < -0.4 is 10.0 Å². The van der Waals surface area contributed by atoms with Gasteiger partial charge in [0.1, 0.15) is 4.21 Å². The molecular weight excluding hydrogens is 280 g/mol. The van der Waals surface area contributed by atoms with E-state index in [1.165, 1.54) is 11.3 Å². The quantitative estimate of drug-likeness (QED) is 0.776. The van der Waals surface area contributed by atoms with E-state index in [-0.39, 0.29) is 6.04 Å². The molecule has 1 rings (SSSR count). The van der Waals surface area contributed by atoms with Crippen molar-refractivity contribution in [3.63, 3.8) is 0 Å². The van der Waals surface area contributed by atoms with Crippen LogP contribution in [0.5, 0.6) is 0 Å². The van der Waals surface area contributed by atoms with Crippen molar-refractivity contribution >= 4 is 21.4 Å². The Morgan fingerprint density at radius 2 is 1.95 bits per heavy atom. The van der Waals surface area contributed by atoms with Gasteiger partial charge in [-0.2, -0.15) is 0 Å². The first-order valence-corrected chi connectivity index (χ1v) is 9.02. The van der Waals surface area contributed by atoms with E-state index in [0.29, 0.717) is 10.1 Å². The van der Waals surface area contributed by atoms with Crippen LogP contribution in [0.3, 0.4) is 0 Å². The molecule has 1 aromatic rings. The Morgan fingerprint density at radius 3 is 2.53 bits per heavy atom. The average molecular weight is 304 g/mol. The van der Waals surface area contributed by atoms with Crippen molar-refractivity contribution in [2.24, 2.45) is 5.92 Å². The third-order valence-corrected chi connectivity index (χ3v) is 6.43. The van der Waals surface area contributed by atoms with Crippen LogP contribution in [0.25, 0.3) is 0 Å². The highest BCUT2D eigenvalue weighted by Gasteiger charge is 2.21. The standard InChI is InChI=1S/C13H24N2O2S2/c1-5-10(3)11(4)15-19(16,17)13-8-7-12(18-13)9-14-6-2/h7-8,10-11,14-15H,5-6,9H2,1-4H3. The van der Waals surface area contributed by atoms with E-state index in [9.17, 15) is 8.42 Å². The zero-order valence-electron chi connectivity index (χ0n) is 12.1. The molecule has 6 heteroatoms. The summed E-state index contributed by atoms with van der Waals surface area (Å²) in [6.07, 6.45) is 0.958. The lowest BCUT2D eigenvalue weighted by Crippen LogP contribution is -2.36. The minimum atomic E-state index is -3.38. The fraction of sp³-hybridized carbons (Fsp3) is 0.692. The Kier molecular flexibility index (Phi) is 6.46. The van der Waals surface area contributed by atoms with E-state index in [0.717, 1.165) is 24.4 Å². The summed E-state index contributed by atoms with van der Waals surface area (Å²) in [6, 6.07) is 3.51. The fourth-order valence-electron chi connectivity index (χ4n) is 1.62. The molecule has 0 amide bonds. The maximum absolute atomic E-state index is 12.2. The predicted octanol–water partition coefficient (Wildman–Crippen LogP) is 2.57. The highest BCUT2D eigenvalue weighted by molar-refractivity contribution is 7.91. The lowest BCUT2D eigenvalue weighted by molar-refractivity contribution is 0.434. The van der Waals surface area contributed by atoms with Gasteiger partial charge in [-0.05, 0) is 31.5 Å². The van der Waals surface area contributed by atoms with Gasteiger partial charge in [-0.25, -0.2) is 13.1 Å². The number of hydrogen-bond donors (Lipinski definition) is 2. The molecular formula is C13H24N2O2S2. The third kappa shape index (κ3) is 4.87. The Hall–Kier alpha value is -0.430. The maximum Gasteiger partial charge on any atom is 0.250 e. The molecule has 0 saturated carbocycles. The number of nitrogens with one attached hydrogen (secondary N) is 2. The van der Waals surface area contributed by atoms with E-state index >= 15 is 0 Å². The first-order chi connectivity index (χ1) is 8.90. The molecule has 0 fully saturated rings. The topological polar surface area (TPSA) is 58.2 Å².